The van der Waals surface area contributed by atoms with Gasteiger partial charge in [-0.3, -0.25) is 0 Å². The number of hydrogen-bond donors (Lipinski definition) is 1. The number of benzene rings is 1. The fourth-order valence-electron chi connectivity index (χ4n) is 2.80. The lowest BCUT2D eigenvalue weighted by Crippen LogP contribution is -2.20. The molecule has 1 aromatic carbocycles. The van der Waals surface area contributed by atoms with Crippen molar-refractivity contribution in [2.75, 3.05) is 13.6 Å². The van der Waals surface area contributed by atoms with Crippen LogP contribution >= 0.6 is 0 Å². The number of fused-ring (bicyclic) bond motifs is 1. The Morgan fingerprint density at radius 3 is 3.00 bits per heavy atom. The number of nitrogens with one attached hydrogen (secondary N) is 1. The normalized spacial score (nSPS) is 24.2. The van der Waals surface area contributed by atoms with Crippen LogP contribution in [0.1, 0.15) is 36.8 Å². The van der Waals surface area contributed by atoms with Crippen molar-refractivity contribution in [3.05, 3.63) is 35.1 Å². The quantitative estimate of drug-likeness (QED) is 0.827. The molecule has 2 heteroatoms. The van der Waals surface area contributed by atoms with Crippen molar-refractivity contribution >= 4 is 0 Å². The van der Waals surface area contributed by atoms with Crippen LogP contribution < -0.4 is 5.32 Å². The first-order valence-corrected chi connectivity index (χ1v) is 6.13. The number of hydrogen-bond acceptors (Lipinski definition) is 1. The van der Waals surface area contributed by atoms with E-state index in [0.29, 0.717) is 5.92 Å². The Morgan fingerprint density at radius 1 is 1.44 bits per heavy atom. The molecule has 0 radical (unpaired) electrons. The zero-order valence-corrected chi connectivity index (χ0v) is 10.1. The number of rotatable bonds is 3. The summed E-state index contributed by atoms with van der Waals surface area (Å²) < 4.78 is 13.3. The second-order valence-electron chi connectivity index (χ2n) is 4.98. The molecule has 0 saturated carbocycles. The summed E-state index contributed by atoms with van der Waals surface area (Å²) in [6.07, 6.45) is 3.40. The zero-order valence-electron chi connectivity index (χ0n) is 10.1. The maximum atomic E-state index is 13.3. The molecular weight excluding hydrogens is 201 g/mol. The minimum Gasteiger partial charge on any atom is -0.320 e. The van der Waals surface area contributed by atoms with Gasteiger partial charge >= 0.3 is 0 Å². The van der Waals surface area contributed by atoms with Gasteiger partial charge in [0, 0.05) is 0 Å². The molecule has 1 aliphatic carbocycles. The molecule has 88 valence electrons. The Morgan fingerprint density at radius 2 is 2.25 bits per heavy atom. The molecule has 16 heavy (non-hydrogen) atoms. The van der Waals surface area contributed by atoms with Crippen molar-refractivity contribution in [3.8, 4) is 0 Å². The summed E-state index contributed by atoms with van der Waals surface area (Å²) in [6.45, 7) is 3.30. The van der Waals surface area contributed by atoms with Crippen molar-refractivity contribution in [3.63, 3.8) is 0 Å². The molecule has 2 unspecified atom stereocenters. The van der Waals surface area contributed by atoms with E-state index in [-0.39, 0.29) is 5.82 Å². The van der Waals surface area contributed by atoms with Crippen LogP contribution in [-0.4, -0.2) is 13.6 Å². The first kappa shape index (κ1) is 11.6. The molecule has 0 heterocycles. The minimum atomic E-state index is -0.0947. The molecule has 2 atom stereocenters. The molecule has 0 aliphatic heterocycles. The van der Waals surface area contributed by atoms with Crippen LogP contribution in [0.5, 0.6) is 0 Å². The van der Waals surface area contributed by atoms with Gasteiger partial charge in [0.2, 0.25) is 0 Å². The first-order chi connectivity index (χ1) is 7.70. The predicted octanol–water partition coefficient (Wildman–Crippen LogP) is 3.10. The Hall–Kier alpha value is -0.890. The van der Waals surface area contributed by atoms with Gasteiger partial charge in [0.15, 0.2) is 0 Å². The van der Waals surface area contributed by atoms with E-state index < -0.39 is 0 Å². The fourth-order valence-corrected chi connectivity index (χ4v) is 2.80. The Balaban J connectivity index is 2.24. The van der Waals surface area contributed by atoms with Gasteiger partial charge in [-0.25, -0.2) is 4.39 Å². The maximum absolute atomic E-state index is 13.3. The van der Waals surface area contributed by atoms with Crippen molar-refractivity contribution < 1.29 is 4.39 Å². The van der Waals surface area contributed by atoms with Crippen LogP contribution in [0.2, 0.25) is 0 Å². The summed E-state index contributed by atoms with van der Waals surface area (Å²) in [5.41, 5.74) is 2.59. The molecule has 1 aliphatic rings. The third-order valence-electron chi connectivity index (χ3n) is 3.55. The fraction of sp³-hybridized carbons (Fsp3) is 0.571. The summed E-state index contributed by atoms with van der Waals surface area (Å²) in [5, 5.41) is 3.18. The van der Waals surface area contributed by atoms with Crippen molar-refractivity contribution in [1.82, 2.24) is 5.32 Å². The summed E-state index contributed by atoms with van der Waals surface area (Å²) >= 11 is 0. The van der Waals surface area contributed by atoms with Gasteiger partial charge in [-0.1, -0.05) is 13.0 Å². The van der Waals surface area contributed by atoms with E-state index in [9.17, 15) is 4.39 Å². The Labute approximate surface area is 97.1 Å². The van der Waals surface area contributed by atoms with Gasteiger partial charge in [0.05, 0.1) is 0 Å². The lowest BCUT2D eigenvalue weighted by Gasteiger charge is -2.29. The van der Waals surface area contributed by atoms with Crippen LogP contribution in [0.25, 0.3) is 0 Å². The standard InChI is InChI=1S/C14H20FN/c1-10-7-11-3-4-13(15)9-14(11)12(8-10)5-6-16-2/h3-4,9-10,12,16H,5-8H2,1-2H3. The van der Waals surface area contributed by atoms with Crippen molar-refractivity contribution in [2.24, 2.45) is 5.92 Å². The second-order valence-corrected chi connectivity index (χ2v) is 4.98. The van der Waals surface area contributed by atoms with Gasteiger partial charge in [0.25, 0.3) is 0 Å². The minimum absolute atomic E-state index is 0.0947. The Kier molecular flexibility index (Phi) is 3.59. The van der Waals surface area contributed by atoms with Gasteiger partial charge in [0.1, 0.15) is 5.82 Å². The highest BCUT2D eigenvalue weighted by molar-refractivity contribution is 5.33. The smallest absolute Gasteiger partial charge is 0.123 e. The molecule has 0 fully saturated rings. The molecule has 2 rings (SSSR count). The molecule has 0 spiro atoms. The van der Waals surface area contributed by atoms with E-state index in [4.69, 9.17) is 0 Å². The summed E-state index contributed by atoms with van der Waals surface area (Å²) in [7, 11) is 1.97. The largest absolute Gasteiger partial charge is 0.320 e. The van der Waals surface area contributed by atoms with Gasteiger partial charge < -0.3 is 5.32 Å². The van der Waals surface area contributed by atoms with Gasteiger partial charge in [-0.05, 0) is 68.0 Å². The Bertz CT molecular complexity index is 362. The summed E-state index contributed by atoms with van der Waals surface area (Å²) in [5.74, 6) is 1.16. The van der Waals surface area contributed by atoms with E-state index in [2.05, 4.69) is 12.2 Å². The van der Waals surface area contributed by atoms with E-state index in [0.717, 1.165) is 25.3 Å². The van der Waals surface area contributed by atoms with Crippen LogP contribution in [0, 0.1) is 11.7 Å². The van der Waals surface area contributed by atoms with E-state index >= 15 is 0 Å². The maximum Gasteiger partial charge on any atom is 0.123 e. The molecule has 1 N–H and O–H groups in total. The van der Waals surface area contributed by atoms with Crippen molar-refractivity contribution in [1.29, 1.82) is 0 Å². The zero-order chi connectivity index (χ0) is 11.5. The SMILES string of the molecule is CNCCC1CC(C)Cc2ccc(F)cc21. The first-order valence-electron chi connectivity index (χ1n) is 6.13. The van der Waals surface area contributed by atoms with E-state index in [1.165, 1.54) is 17.5 Å². The van der Waals surface area contributed by atoms with Crippen LogP contribution in [0.15, 0.2) is 18.2 Å². The van der Waals surface area contributed by atoms with Crippen LogP contribution in [0.3, 0.4) is 0 Å². The molecule has 0 saturated heterocycles. The highest BCUT2D eigenvalue weighted by Gasteiger charge is 2.24. The topological polar surface area (TPSA) is 12.0 Å². The van der Waals surface area contributed by atoms with Gasteiger partial charge in [-0.2, -0.15) is 0 Å². The average molecular weight is 221 g/mol. The van der Waals surface area contributed by atoms with Crippen LogP contribution in [-0.2, 0) is 6.42 Å². The lowest BCUT2D eigenvalue weighted by atomic mass is 9.76. The molecule has 0 aromatic heterocycles. The lowest BCUT2D eigenvalue weighted by molar-refractivity contribution is 0.410. The summed E-state index contributed by atoms with van der Waals surface area (Å²) in [4.78, 5) is 0. The predicted molar refractivity (Wildman–Crippen MR) is 65.2 cm³/mol. The van der Waals surface area contributed by atoms with Crippen molar-refractivity contribution in [2.45, 2.75) is 32.1 Å². The van der Waals surface area contributed by atoms with Crippen LogP contribution in [0.4, 0.5) is 4.39 Å². The van der Waals surface area contributed by atoms with Gasteiger partial charge in [-0.15, -0.1) is 0 Å². The number of halogens is 1. The third-order valence-corrected chi connectivity index (χ3v) is 3.55. The second kappa shape index (κ2) is 4.96. The van der Waals surface area contributed by atoms with E-state index in [1.807, 2.05) is 13.1 Å². The summed E-state index contributed by atoms with van der Waals surface area (Å²) in [6, 6.07) is 5.29. The molecule has 0 bridgehead atoms. The molecular formula is C14H20FN. The highest BCUT2D eigenvalue weighted by Crippen LogP contribution is 2.36. The van der Waals surface area contributed by atoms with E-state index in [1.54, 1.807) is 12.1 Å². The molecule has 1 nitrogen and oxygen atoms in total. The third kappa shape index (κ3) is 2.43. The molecule has 0 amide bonds. The highest BCUT2D eigenvalue weighted by atomic mass is 19.1. The monoisotopic (exact) mass is 221 g/mol. The molecule has 1 aromatic rings. The average Bonchev–Trinajstić information content (AvgIpc) is 2.26.